The second-order valence-electron chi connectivity index (χ2n) is 3.19. The molecule has 0 aliphatic rings. The summed E-state index contributed by atoms with van der Waals surface area (Å²) in [6.45, 7) is 0. The molecule has 0 spiro atoms. The highest BCUT2D eigenvalue weighted by molar-refractivity contribution is 6.29. The van der Waals surface area contributed by atoms with Crippen molar-refractivity contribution in [3.63, 3.8) is 0 Å². The first-order valence-corrected chi connectivity index (χ1v) is 5.11. The highest BCUT2D eigenvalue weighted by Gasteiger charge is 2.05. The average Bonchev–Trinajstić information content (AvgIpc) is 2.31. The Morgan fingerprint density at radius 2 is 1.88 bits per heavy atom. The molecule has 0 aliphatic carbocycles. The first kappa shape index (κ1) is 10.6. The van der Waals surface area contributed by atoms with Crippen molar-refractivity contribution < 1.29 is 4.79 Å². The summed E-state index contributed by atoms with van der Waals surface area (Å²) >= 11 is 5.63. The molecule has 0 radical (unpaired) electrons. The summed E-state index contributed by atoms with van der Waals surface area (Å²) in [6.07, 6.45) is 1.45. The van der Waals surface area contributed by atoms with Gasteiger partial charge in [-0.05, 0) is 24.3 Å². The van der Waals surface area contributed by atoms with Crippen molar-refractivity contribution in [1.29, 1.82) is 0 Å². The van der Waals surface area contributed by atoms with Crippen LogP contribution in [0.25, 0.3) is 0 Å². The fourth-order valence-electron chi connectivity index (χ4n) is 1.23. The summed E-state index contributed by atoms with van der Waals surface area (Å²) in [6, 6.07) is 12.5. The lowest BCUT2D eigenvalue weighted by Gasteiger charge is -2.04. The number of hydrogen-bond donors (Lipinski definition) is 1. The van der Waals surface area contributed by atoms with Crippen molar-refractivity contribution in [2.75, 3.05) is 5.32 Å². The second kappa shape index (κ2) is 4.77. The van der Waals surface area contributed by atoms with Gasteiger partial charge in [-0.25, -0.2) is 4.98 Å². The van der Waals surface area contributed by atoms with Crippen molar-refractivity contribution >= 4 is 23.2 Å². The Kier molecular flexibility index (Phi) is 3.17. The van der Waals surface area contributed by atoms with Crippen molar-refractivity contribution in [3.8, 4) is 0 Å². The van der Waals surface area contributed by atoms with Crippen LogP contribution in [0.1, 0.15) is 10.4 Å². The SMILES string of the molecule is O=C(Nc1ccccc1)c1ccc(Cl)nc1. The third-order valence-corrected chi connectivity index (χ3v) is 2.24. The maximum absolute atomic E-state index is 11.7. The summed E-state index contributed by atoms with van der Waals surface area (Å²) in [7, 11) is 0. The van der Waals surface area contributed by atoms with Gasteiger partial charge in [0.25, 0.3) is 5.91 Å². The monoisotopic (exact) mass is 232 g/mol. The Hall–Kier alpha value is -1.87. The zero-order valence-corrected chi connectivity index (χ0v) is 9.11. The van der Waals surface area contributed by atoms with E-state index in [0.29, 0.717) is 10.7 Å². The number of rotatable bonds is 2. The van der Waals surface area contributed by atoms with Gasteiger partial charge in [0.2, 0.25) is 0 Å². The summed E-state index contributed by atoms with van der Waals surface area (Å²) in [5, 5.41) is 3.13. The number of amides is 1. The summed E-state index contributed by atoms with van der Waals surface area (Å²) in [4.78, 5) is 15.6. The van der Waals surface area contributed by atoms with Crippen molar-refractivity contribution in [2.24, 2.45) is 0 Å². The Labute approximate surface area is 98.1 Å². The lowest BCUT2D eigenvalue weighted by molar-refractivity contribution is 0.102. The Balaban J connectivity index is 2.12. The zero-order valence-electron chi connectivity index (χ0n) is 8.35. The molecular weight excluding hydrogens is 224 g/mol. The minimum atomic E-state index is -0.199. The van der Waals surface area contributed by atoms with Crippen LogP contribution >= 0.6 is 11.6 Å². The molecule has 1 aromatic heterocycles. The molecule has 4 heteroatoms. The number of carbonyl (C=O) groups excluding carboxylic acids is 1. The number of hydrogen-bond acceptors (Lipinski definition) is 2. The van der Waals surface area contributed by atoms with E-state index in [-0.39, 0.29) is 5.91 Å². The smallest absolute Gasteiger partial charge is 0.257 e. The lowest BCUT2D eigenvalue weighted by atomic mass is 10.2. The third-order valence-electron chi connectivity index (χ3n) is 2.02. The third kappa shape index (κ3) is 2.58. The summed E-state index contributed by atoms with van der Waals surface area (Å²) in [5.74, 6) is -0.199. The second-order valence-corrected chi connectivity index (χ2v) is 3.58. The van der Waals surface area contributed by atoms with Gasteiger partial charge >= 0.3 is 0 Å². The Morgan fingerprint density at radius 3 is 2.50 bits per heavy atom. The van der Waals surface area contributed by atoms with E-state index in [1.54, 1.807) is 12.1 Å². The standard InChI is InChI=1S/C12H9ClN2O/c13-11-7-6-9(8-14-11)12(16)15-10-4-2-1-3-5-10/h1-8H,(H,15,16). The normalized spacial score (nSPS) is 9.81. The molecule has 2 aromatic rings. The van der Waals surface area contributed by atoms with E-state index in [2.05, 4.69) is 10.3 Å². The Bertz CT molecular complexity index is 482. The lowest BCUT2D eigenvalue weighted by Crippen LogP contribution is -2.11. The van der Waals surface area contributed by atoms with Gasteiger partial charge in [0.05, 0.1) is 5.56 Å². The first-order chi connectivity index (χ1) is 7.75. The maximum Gasteiger partial charge on any atom is 0.257 e. The fraction of sp³-hybridized carbons (Fsp3) is 0. The van der Waals surface area contributed by atoms with E-state index in [0.717, 1.165) is 5.69 Å². The number of pyridine rings is 1. The van der Waals surface area contributed by atoms with Crippen LogP contribution in [-0.2, 0) is 0 Å². The molecule has 2 rings (SSSR count). The molecular formula is C12H9ClN2O. The average molecular weight is 233 g/mol. The molecule has 0 aliphatic heterocycles. The fourth-order valence-corrected chi connectivity index (χ4v) is 1.35. The van der Waals surface area contributed by atoms with Crippen molar-refractivity contribution in [2.45, 2.75) is 0 Å². The predicted molar refractivity (Wildman–Crippen MR) is 63.6 cm³/mol. The molecule has 0 saturated heterocycles. The number of aromatic nitrogens is 1. The van der Waals surface area contributed by atoms with Crippen LogP contribution in [0.3, 0.4) is 0 Å². The van der Waals surface area contributed by atoms with Gasteiger partial charge in [0.15, 0.2) is 0 Å². The van der Waals surface area contributed by atoms with Gasteiger partial charge in [-0.3, -0.25) is 4.79 Å². The largest absolute Gasteiger partial charge is 0.322 e. The van der Waals surface area contributed by atoms with Crippen molar-refractivity contribution in [3.05, 3.63) is 59.4 Å². The molecule has 0 unspecified atom stereocenters. The highest BCUT2D eigenvalue weighted by Crippen LogP contribution is 2.09. The van der Waals surface area contributed by atoms with E-state index < -0.39 is 0 Å². The number of para-hydroxylation sites is 1. The van der Waals surface area contributed by atoms with Gasteiger partial charge in [0, 0.05) is 11.9 Å². The van der Waals surface area contributed by atoms with Gasteiger partial charge in [-0.1, -0.05) is 29.8 Å². The number of anilines is 1. The Morgan fingerprint density at radius 1 is 1.12 bits per heavy atom. The van der Waals surface area contributed by atoms with Crippen LogP contribution in [0.15, 0.2) is 48.7 Å². The number of halogens is 1. The van der Waals surface area contributed by atoms with Gasteiger partial charge < -0.3 is 5.32 Å². The molecule has 1 N–H and O–H groups in total. The quantitative estimate of drug-likeness (QED) is 0.809. The first-order valence-electron chi connectivity index (χ1n) is 4.73. The summed E-state index contributed by atoms with van der Waals surface area (Å²) in [5.41, 5.74) is 1.23. The molecule has 80 valence electrons. The molecule has 0 atom stereocenters. The molecule has 1 aromatic carbocycles. The maximum atomic E-state index is 11.7. The van der Waals surface area contributed by atoms with Crippen LogP contribution in [0.4, 0.5) is 5.69 Å². The molecule has 1 heterocycles. The number of benzene rings is 1. The molecule has 16 heavy (non-hydrogen) atoms. The molecule has 0 bridgehead atoms. The van der Waals surface area contributed by atoms with E-state index in [1.165, 1.54) is 6.20 Å². The van der Waals surface area contributed by atoms with E-state index >= 15 is 0 Å². The number of nitrogens with zero attached hydrogens (tertiary/aromatic N) is 1. The number of carbonyl (C=O) groups is 1. The molecule has 0 fully saturated rings. The predicted octanol–water partition coefficient (Wildman–Crippen LogP) is 2.99. The summed E-state index contributed by atoms with van der Waals surface area (Å²) < 4.78 is 0. The van der Waals surface area contributed by atoms with Crippen LogP contribution in [-0.4, -0.2) is 10.9 Å². The van der Waals surface area contributed by atoms with Crippen LogP contribution in [0.2, 0.25) is 5.15 Å². The molecule has 0 saturated carbocycles. The van der Waals surface area contributed by atoms with E-state index in [1.807, 2.05) is 30.3 Å². The minimum Gasteiger partial charge on any atom is -0.322 e. The van der Waals surface area contributed by atoms with Crippen molar-refractivity contribution in [1.82, 2.24) is 4.98 Å². The minimum absolute atomic E-state index is 0.199. The van der Waals surface area contributed by atoms with E-state index in [4.69, 9.17) is 11.6 Å². The molecule has 1 amide bonds. The molecule has 3 nitrogen and oxygen atoms in total. The number of nitrogens with one attached hydrogen (secondary N) is 1. The zero-order chi connectivity index (χ0) is 11.4. The van der Waals surface area contributed by atoms with Gasteiger partial charge in [0.1, 0.15) is 5.15 Å². The van der Waals surface area contributed by atoms with Crippen LogP contribution < -0.4 is 5.32 Å². The van der Waals surface area contributed by atoms with Gasteiger partial charge in [-0.2, -0.15) is 0 Å². The topological polar surface area (TPSA) is 42.0 Å². The van der Waals surface area contributed by atoms with Gasteiger partial charge in [-0.15, -0.1) is 0 Å². The highest BCUT2D eigenvalue weighted by atomic mass is 35.5. The van der Waals surface area contributed by atoms with Crippen LogP contribution in [0.5, 0.6) is 0 Å². The van der Waals surface area contributed by atoms with E-state index in [9.17, 15) is 4.79 Å². The van der Waals surface area contributed by atoms with Crippen LogP contribution in [0, 0.1) is 0 Å².